The van der Waals surface area contributed by atoms with Crippen molar-refractivity contribution in [1.82, 2.24) is 4.98 Å². The number of ether oxygens (including phenoxy) is 3. The highest BCUT2D eigenvalue weighted by Crippen LogP contribution is 2.37. The molecule has 3 aromatic rings. The lowest BCUT2D eigenvalue weighted by Gasteiger charge is -2.29. The summed E-state index contributed by atoms with van der Waals surface area (Å²) in [4.78, 5) is 16.7. The number of nitrogens with zero attached hydrogens (tertiary/aromatic N) is 1. The average Bonchev–Trinajstić information content (AvgIpc) is 2.71. The number of pyridine rings is 1. The highest BCUT2D eigenvalue weighted by atomic mass is 19.4. The molecule has 1 aliphatic heterocycles. The van der Waals surface area contributed by atoms with Crippen molar-refractivity contribution in [3.63, 3.8) is 0 Å². The van der Waals surface area contributed by atoms with Gasteiger partial charge in [-0.25, -0.2) is 9.78 Å². The second-order valence-electron chi connectivity index (χ2n) is 7.33. The molecule has 2 amide bonds. The molecule has 0 radical (unpaired) electrons. The maximum Gasteiger partial charge on any atom is 0.573 e. The van der Waals surface area contributed by atoms with Crippen LogP contribution in [-0.4, -0.2) is 30.6 Å². The molecule has 7 nitrogen and oxygen atoms in total. The highest BCUT2D eigenvalue weighted by molar-refractivity contribution is 6.00. The van der Waals surface area contributed by atoms with Crippen LogP contribution >= 0.6 is 0 Å². The van der Waals surface area contributed by atoms with Gasteiger partial charge < -0.3 is 24.8 Å². The first-order chi connectivity index (χ1) is 15.8. The van der Waals surface area contributed by atoms with Crippen LogP contribution in [-0.2, 0) is 4.74 Å². The molecule has 2 heterocycles. The van der Waals surface area contributed by atoms with Crippen LogP contribution < -0.4 is 20.1 Å². The lowest BCUT2D eigenvalue weighted by Crippen LogP contribution is -2.26. The third-order valence-corrected chi connectivity index (χ3v) is 4.90. The van der Waals surface area contributed by atoms with Crippen LogP contribution in [0.4, 0.5) is 29.3 Å². The predicted octanol–water partition coefficient (Wildman–Crippen LogP) is 5.84. The number of nitrogens with one attached hydrogen (secondary N) is 2. The molecule has 1 saturated heterocycles. The van der Waals surface area contributed by atoms with Crippen LogP contribution in [0.2, 0.25) is 0 Å². The van der Waals surface area contributed by atoms with E-state index in [2.05, 4.69) is 20.4 Å². The molecule has 2 aromatic carbocycles. The largest absolute Gasteiger partial charge is 0.573 e. The fourth-order valence-corrected chi connectivity index (χ4v) is 3.36. The van der Waals surface area contributed by atoms with E-state index in [0.717, 1.165) is 23.3 Å². The van der Waals surface area contributed by atoms with Gasteiger partial charge in [-0.3, -0.25) is 0 Å². The van der Waals surface area contributed by atoms with E-state index in [9.17, 15) is 18.0 Å². The van der Waals surface area contributed by atoms with Crippen molar-refractivity contribution in [2.24, 2.45) is 0 Å². The smallest absolute Gasteiger partial charge is 0.437 e. The van der Waals surface area contributed by atoms with Crippen LogP contribution in [0.1, 0.15) is 17.0 Å². The van der Waals surface area contributed by atoms with E-state index in [-0.39, 0.29) is 23.2 Å². The second-order valence-corrected chi connectivity index (χ2v) is 7.33. The van der Waals surface area contributed by atoms with E-state index >= 15 is 0 Å². The molecule has 0 saturated carbocycles. The Labute approximate surface area is 187 Å². The summed E-state index contributed by atoms with van der Waals surface area (Å²) < 4.78 is 52.0. The Hall–Kier alpha value is -3.79. The standard InChI is InChI=1S/C23H20F3N3O4/c1-14-4-2-6-19(20(14)15-12-31-13-15)32-21-18(5-3-11-27-21)29-22(30)28-16-7-9-17(10-8-16)33-23(24,25)26/h2-11,15H,12-13H2,1H3,(H2,28,29,30). The number of aromatic nitrogens is 1. The lowest BCUT2D eigenvalue weighted by atomic mass is 9.92. The van der Waals surface area contributed by atoms with Crippen molar-refractivity contribution in [2.75, 3.05) is 23.8 Å². The van der Waals surface area contributed by atoms with Gasteiger partial charge >= 0.3 is 12.4 Å². The van der Waals surface area contributed by atoms with Crippen LogP contribution in [0, 0.1) is 6.92 Å². The van der Waals surface area contributed by atoms with Crippen molar-refractivity contribution < 1.29 is 32.2 Å². The van der Waals surface area contributed by atoms with Gasteiger partial charge in [0, 0.05) is 23.4 Å². The maximum absolute atomic E-state index is 12.5. The summed E-state index contributed by atoms with van der Waals surface area (Å²) in [5.41, 5.74) is 2.71. The van der Waals surface area contributed by atoms with Gasteiger partial charge in [0.25, 0.3) is 0 Å². The first kappa shape index (κ1) is 22.4. The molecule has 33 heavy (non-hydrogen) atoms. The Morgan fingerprint density at radius 1 is 1.06 bits per heavy atom. The molecule has 172 valence electrons. The minimum absolute atomic E-state index is 0.202. The number of alkyl halides is 3. The third kappa shape index (κ3) is 5.72. The molecule has 1 aliphatic rings. The van der Waals surface area contributed by atoms with E-state index in [0.29, 0.717) is 24.7 Å². The van der Waals surface area contributed by atoms with E-state index in [1.807, 2.05) is 25.1 Å². The molecule has 1 aromatic heterocycles. The Bertz CT molecular complexity index is 1130. The molecule has 0 spiro atoms. The second kappa shape index (κ2) is 9.37. The van der Waals surface area contributed by atoms with Crippen molar-refractivity contribution in [3.8, 4) is 17.4 Å². The van der Waals surface area contributed by atoms with Gasteiger partial charge in [-0.2, -0.15) is 0 Å². The van der Waals surface area contributed by atoms with E-state index in [1.165, 1.54) is 12.1 Å². The molecular weight excluding hydrogens is 439 g/mol. The Morgan fingerprint density at radius 3 is 2.48 bits per heavy atom. The molecule has 10 heteroatoms. The summed E-state index contributed by atoms with van der Waals surface area (Å²) in [5, 5.41) is 5.19. The van der Waals surface area contributed by atoms with Gasteiger partial charge in [-0.05, 0) is 55.0 Å². The normalized spacial score (nSPS) is 13.7. The van der Waals surface area contributed by atoms with Gasteiger partial charge in [0.05, 0.1) is 13.2 Å². The van der Waals surface area contributed by atoms with Gasteiger partial charge in [0.15, 0.2) is 0 Å². The van der Waals surface area contributed by atoms with Crippen LogP contribution in [0.3, 0.4) is 0 Å². The highest BCUT2D eigenvalue weighted by Gasteiger charge is 2.31. The number of halogens is 3. The lowest BCUT2D eigenvalue weighted by molar-refractivity contribution is -0.274. The van der Waals surface area contributed by atoms with E-state index in [4.69, 9.17) is 9.47 Å². The van der Waals surface area contributed by atoms with E-state index < -0.39 is 12.4 Å². The summed E-state index contributed by atoms with van der Waals surface area (Å²) in [6, 6.07) is 13.2. The van der Waals surface area contributed by atoms with Crippen LogP contribution in [0.5, 0.6) is 17.4 Å². The summed E-state index contributed by atoms with van der Waals surface area (Å²) >= 11 is 0. The number of carbonyl (C=O) groups excluding carboxylic acids is 1. The first-order valence-electron chi connectivity index (χ1n) is 10.0. The molecule has 0 bridgehead atoms. The molecule has 2 N–H and O–H groups in total. The van der Waals surface area contributed by atoms with Gasteiger partial charge in [0.2, 0.25) is 5.88 Å². The van der Waals surface area contributed by atoms with Gasteiger partial charge in [0.1, 0.15) is 17.2 Å². The van der Waals surface area contributed by atoms with Crippen LogP contribution in [0.25, 0.3) is 0 Å². The number of rotatable bonds is 6. The summed E-state index contributed by atoms with van der Waals surface area (Å²) in [6.45, 7) is 3.23. The molecule has 1 fully saturated rings. The zero-order chi connectivity index (χ0) is 23.4. The fraction of sp³-hybridized carbons (Fsp3) is 0.217. The van der Waals surface area contributed by atoms with Crippen molar-refractivity contribution in [3.05, 3.63) is 71.9 Å². The maximum atomic E-state index is 12.5. The number of aryl methyl sites for hydroxylation is 1. The number of urea groups is 1. The van der Waals surface area contributed by atoms with E-state index in [1.54, 1.807) is 18.3 Å². The van der Waals surface area contributed by atoms with Gasteiger partial charge in [-0.1, -0.05) is 12.1 Å². The number of hydrogen-bond donors (Lipinski definition) is 2. The van der Waals surface area contributed by atoms with Crippen molar-refractivity contribution >= 4 is 17.4 Å². The predicted molar refractivity (Wildman–Crippen MR) is 115 cm³/mol. The molecule has 0 atom stereocenters. The summed E-state index contributed by atoms with van der Waals surface area (Å²) in [5.74, 6) is 0.676. The van der Waals surface area contributed by atoms with Crippen molar-refractivity contribution in [1.29, 1.82) is 0 Å². The summed E-state index contributed by atoms with van der Waals surface area (Å²) in [6.07, 6.45) is -3.24. The third-order valence-electron chi connectivity index (χ3n) is 4.90. The summed E-state index contributed by atoms with van der Waals surface area (Å²) in [7, 11) is 0. The van der Waals surface area contributed by atoms with Crippen molar-refractivity contribution in [2.45, 2.75) is 19.2 Å². The number of amides is 2. The first-order valence-corrected chi connectivity index (χ1v) is 10.0. The molecular formula is C23H20F3N3O4. The molecule has 0 aliphatic carbocycles. The topological polar surface area (TPSA) is 81.7 Å². The number of carbonyl (C=O) groups is 1. The zero-order valence-electron chi connectivity index (χ0n) is 17.5. The number of hydrogen-bond acceptors (Lipinski definition) is 5. The monoisotopic (exact) mass is 459 g/mol. The minimum atomic E-state index is -4.79. The zero-order valence-corrected chi connectivity index (χ0v) is 17.5. The Kier molecular flexibility index (Phi) is 6.36. The van der Waals surface area contributed by atoms with Crippen LogP contribution in [0.15, 0.2) is 60.8 Å². The number of anilines is 2. The molecule has 4 rings (SSSR count). The Balaban J connectivity index is 1.45. The SMILES string of the molecule is Cc1cccc(Oc2ncccc2NC(=O)Nc2ccc(OC(F)(F)F)cc2)c1C1COC1. The molecule has 0 unspecified atom stereocenters. The quantitative estimate of drug-likeness (QED) is 0.484. The number of benzene rings is 2. The van der Waals surface area contributed by atoms with Gasteiger partial charge in [-0.15, -0.1) is 13.2 Å². The minimum Gasteiger partial charge on any atom is -0.437 e. The fourth-order valence-electron chi connectivity index (χ4n) is 3.36. The average molecular weight is 459 g/mol. The Morgan fingerprint density at radius 2 is 1.82 bits per heavy atom.